The van der Waals surface area contributed by atoms with Crippen molar-refractivity contribution >= 4 is 27.3 Å². The molecule has 0 aliphatic rings. The monoisotopic (exact) mass is 302 g/mol. The summed E-state index contributed by atoms with van der Waals surface area (Å²) < 4.78 is 30.2. The summed E-state index contributed by atoms with van der Waals surface area (Å²) >= 11 is 1.01. The average Bonchev–Trinajstić information content (AvgIpc) is 2.87. The van der Waals surface area contributed by atoms with Crippen molar-refractivity contribution in [2.24, 2.45) is 5.92 Å². The van der Waals surface area contributed by atoms with Crippen LogP contribution in [0.5, 0.6) is 0 Å². The highest BCUT2D eigenvalue weighted by molar-refractivity contribution is 7.89. The Morgan fingerprint density at radius 3 is 2.79 bits per heavy atom. The van der Waals surface area contributed by atoms with Crippen molar-refractivity contribution in [3.63, 3.8) is 0 Å². The van der Waals surface area contributed by atoms with E-state index in [9.17, 15) is 13.2 Å². The molecule has 104 valence electrons. The summed E-state index contributed by atoms with van der Waals surface area (Å²) in [6.07, 6.45) is 0. The third kappa shape index (κ3) is 3.32. The van der Waals surface area contributed by atoms with Gasteiger partial charge in [-0.3, -0.25) is 0 Å². The minimum atomic E-state index is -3.79. The summed E-state index contributed by atoms with van der Waals surface area (Å²) in [5, 5.41) is 10.2. The number of hydrogen-bond acceptors (Lipinski definition) is 6. The van der Waals surface area contributed by atoms with Crippen LogP contribution in [0.15, 0.2) is 16.3 Å². The van der Waals surface area contributed by atoms with E-state index in [4.69, 9.17) is 5.26 Å². The molecule has 1 aromatic rings. The second kappa shape index (κ2) is 6.14. The number of rotatable bonds is 5. The lowest BCUT2D eigenvalue weighted by Gasteiger charge is -2.18. The van der Waals surface area contributed by atoms with E-state index in [1.165, 1.54) is 25.6 Å². The molecule has 0 bridgehead atoms. The van der Waals surface area contributed by atoms with Crippen molar-refractivity contribution in [3.8, 4) is 6.07 Å². The molecule has 6 nitrogen and oxygen atoms in total. The standard InChI is InChI=1S/C11H14N2O4S2/c1-8(6-12)7-13(2)19(15,16)9-4-5-18-10(9)11(14)17-3/h4-5,8H,7H2,1-3H3. The maximum absolute atomic E-state index is 12.3. The van der Waals surface area contributed by atoms with Crippen LogP contribution in [0.1, 0.15) is 16.6 Å². The van der Waals surface area contributed by atoms with Gasteiger partial charge >= 0.3 is 5.97 Å². The lowest BCUT2D eigenvalue weighted by Crippen LogP contribution is -2.31. The second-order valence-electron chi connectivity index (χ2n) is 3.92. The van der Waals surface area contributed by atoms with E-state index in [1.54, 1.807) is 6.92 Å². The Balaban J connectivity index is 3.11. The van der Waals surface area contributed by atoms with Gasteiger partial charge in [0.25, 0.3) is 0 Å². The number of carbonyl (C=O) groups excluding carboxylic acids is 1. The molecule has 0 saturated carbocycles. The average molecular weight is 302 g/mol. The van der Waals surface area contributed by atoms with Crippen molar-refractivity contribution in [1.82, 2.24) is 4.31 Å². The fourth-order valence-electron chi connectivity index (χ4n) is 1.43. The van der Waals surface area contributed by atoms with Gasteiger partial charge in [0, 0.05) is 13.6 Å². The SMILES string of the molecule is COC(=O)c1sccc1S(=O)(=O)N(C)CC(C)C#N. The van der Waals surface area contributed by atoms with Crippen LogP contribution in [-0.2, 0) is 14.8 Å². The molecule has 0 aliphatic heterocycles. The first-order valence-electron chi connectivity index (χ1n) is 5.36. The number of hydrogen-bond donors (Lipinski definition) is 0. The molecule has 0 amide bonds. The van der Waals surface area contributed by atoms with Crippen LogP contribution in [-0.4, -0.2) is 39.4 Å². The van der Waals surface area contributed by atoms with E-state index >= 15 is 0 Å². The Labute approximate surface area is 116 Å². The van der Waals surface area contributed by atoms with Gasteiger partial charge in [-0.25, -0.2) is 13.2 Å². The zero-order chi connectivity index (χ0) is 14.6. The number of ether oxygens (including phenoxy) is 1. The molecule has 1 atom stereocenters. The minimum Gasteiger partial charge on any atom is -0.465 e. The first-order valence-corrected chi connectivity index (χ1v) is 7.68. The maximum atomic E-state index is 12.3. The van der Waals surface area contributed by atoms with Gasteiger partial charge in [-0.2, -0.15) is 9.57 Å². The number of nitrogens with zero attached hydrogens (tertiary/aromatic N) is 2. The van der Waals surface area contributed by atoms with Crippen molar-refractivity contribution in [2.45, 2.75) is 11.8 Å². The normalized spacial score (nSPS) is 13.0. The van der Waals surface area contributed by atoms with Crippen molar-refractivity contribution in [3.05, 3.63) is 16.3 Å². The fraction of sp³-hybridized carbons (Fsp3) is 0.455. The van der Waals surface area contributed by atoms with Crippen LogP contribution >= 0.6 is 11.3 Å². The van der Waals surface area contributed by atoms with Gasteiger partial charge in [0.05, 0.1) is 19.1 Å². The number of carbonyl (C=O) groups is 1. The predicted molar refractivity (Wildman–Crippen MR) is 70.3 cm³/mol. The Morgan fingerprint density at radius 2 is 2.26 bits per heavy atom. The second-order valence-corrected chi connectivity index (χ2v) is 6.85. The van der Waals surface area contributed by atoms with Gasteiger partial charge in [-0.05, 0) is 18.4 Å². The maximum Gasteiger partial charge on any atom is 0.349 e. The zero-order valence-corrected chi connectivity index (χ0v) is 12.4. The third-order valence-corrected chi connectivity index (χ3v) is 5.33. The van der Waals surface area contributed by atoms with Crippen LogP contribution in [0.2, 0.25) is 0 Å². The molecule has 0 aromatic carbocycles. The van der Waals surface area contributed by atoms with E-state index in [0.717, 1.165) is 15.6 Å². The first kappa shape index (κ1) is 15.6. The predicted octanol–water partition coefficient (Wildman–Crippen LogP) is 1.31. The quantitative estimate of drug-likeness (QED) is 0.765. The molecule has 1 unspecified atom stereocenters. The highest BCUT2D eigenvalue weighted by Gasteiger charge is 2.29. The van der Waals surface area contributed by atoms with Crippen molar-refractivity contribution in [2.75, 3.05) is 20.7 Å². The van der Waals surface area contributed by atoms with E-state index in [2.05, 4.69) is 4.74 Å². The molecular weight excluding hydrogens is 288 g/mol. The summed E-state index contributed by atoms with van der Waals surface area (Å²) in [6, 6.07) is 3.33. The van der Waals surface area contributed by atoms with Crippen LogP contribution in [0.3, 0.4) is 0 Å². The van der Waals surface area contributed by atoms with Gasteiger partial charge in [-0.1, -0.05) is 0 Å². The summed E-state index contributed by atoms with van der Waals surface area (Å²) in [6.45, 7) is 1.69. The summed E-state index contributed by atoms with van der Waals surface area (Å²) in [5.41, 5.74) is 0. The lowest BCUT2D eigenvalue weighted by molar-refractivity contribution is 0.0602. The smallest absolute Gasteiger partial charge is 0.349 e. The van der Waals surface area contributed by atoms with E-state index in [1.807, 2.05) is 6.07 Å². The molecule has 0 radical (unpaired) electrons. The van der Waals surface area contributed by atoms with E-state index in [0.29, 0.717) is 0 Å². The summed E-state index contributed by atoms with van der Waals surface area (Å²) in [5.74, 6) is -1.12. The third-order valence-electron chi connectivity index (χ3n) is 2.44. The van der Waals surface area contributed by atoms with E-state index in [-0.39, 0.29) is 16.3 Å². The highest BCUT2D eigenvalue weighted by Crippen LogP contribution is 2.25. The molecule has 0 fully saturated rings. The number of methoxy groups -OCH3 is 1. The molecular formula is C11H14N2O4S2. The number of nitriles is 1. The Hall–Kier alpha value is -1.43. The van der Waals surface area contributed by atoms with Gasteiger partial charge in [0.15, 0.2) is 0 Å². The molecule has 1 aromatic heterocycles. The van der Waals surface area contributed by atoms with Gasteiger partial charge in [0.1, 0.15) is 9.77 Å². The number of sulfonamides is 1. The Bertz CT molecular complexity index is 600. The van der Waals surface area contributed by atoms with Crippen LogP contribution < -0.4 is 0 Å². The van der Waals surface area contributed by atoms with Gasteiger partial charge in [-0.15, -0.1) is 11.3 Å². The summed E-state index contributed by atoms with van der Waals surface area (Å²) in [7, 11) is -1.22. The van der Waals surface area contributed by atoms with Gasteiger partial charge < -0.3 is 4.74 Å². The first-order chi connectivity index (χ1) is 8.84. The number of esters is 1. The summed E-state index contributed by atoms with van der Waals surface area (Å²) in [4.78, 5) is 11.5. The van der Waals surface area contributed by atoms with Crippen LogP contribution in [0, 0.1) is 17.2 Å². The highest BCUT2D eigenvalue weighted by atomic mass is 32.2. The molecule has 0 spiro atoms. The Morgan fingerprint density at radius 1 is 1.63 bits per heavy atom. The van der Waals surface area contributed by atoms with Crippen molar-refractivity contribution in [1.29, 1.82) is 5.26 Å². The molecule has 1 heterocycles. The fourth-order valence-corrected chi connectivity index (χ4v) is 4.00. The molecule has 0 aliphatic carbocycles. The zero-order valence-electron chi connectivity index (χ0n) is 10.8. The van der Waals surface area contributed by atoms with Crippen LogP contribution in [0.4, 0.5) is 0 Å². The topological polar surface area (TPSA) is 87.5 Å². The molecule has 1 rings (SSSR count). The van der Waals surface area contributed by atoms with Crippen molar-refractivity contribution < 1.29 is 17.9 Å². The minimum absolute atomic E-state index is 0.0407. The molecule has 19 heavy (non-hydrogen) atoms. The van der Waals surface area contributed by atoms with Gasteiger partial charge in [0.2, 0.25) is 10.0 Å². The molecule has 8 heteroatoms. The molecule has 0 saturated heterocycles. The Kier molecular flexibility index (Phi) is 5.05. The lowest BCUT2D eigenvalue weighted by atomic mass is 10.2. The largest absolute Gasteiger partial charge is 0.465 e. The number of thiophene rings is 1. The molecule has 0 N–H and O–H groups in total. The van der Waals surface area contributed by atoms with Crippen LogP contribution in [0.25, 0.3) is 0 Å². The van der Waals surface area contributed by atoms with E-state index < -0.39 is 21.9 Å².